The number of oxime groups is 1. The van der Waals surface area contributed by atoms with Crippen LogP contribution < -0.4 is 5.32 Å². The van der Waals surface area contributed by atoms with Crippen LogP contribution in [0.15, 0.2) is 53.7 Å². The summed E-state index contributed by atoms with van der Waals surface area (Å²) in [4.78, 5) is 17.7. The van der Waals surface area contributed by atoms with Crippen molar-refractivity contribution in [2.75, 3.05) is 13.2 Å². The molecule has 0 aliphatic carbocycles. The number of halogens is 2. The summed E-state index contributed by atoms with van der Waals surface area (Å²) in [6, 6.07) is 13.1. The van der Waals surface area contributed by atoms with E-state index in [0.29, 0.717) is 13.2 Å². The van der Waals surface area contributed by atoms with E-state index in [2.05, 4.69) is 10.5 Å². The molecule has 1 amide bonds. The van der Waals surface area contributed by atoms with Crippen LogP contribution in [0, 0.1) is 17.6 Å². The Hall–Kier alpha value is -2.80. The third-order valence-electron chi connectivity index (χ3n) is 5.31. The molecule has 2 aromatic carbocycles. The van der Waals surface area contributed by atoms with E-state index in [1.165, 1.54) is 0 Å². The number of rotatable bonds is 5. The van der Waals surface area contributed by atoms with Gasteiger partial charge in [0, 0.05) is 31.1 Å². The summed E-state index contributed by atoms with van der Waals surface area (Å²) in [6.07, 6.45) is 1.06. The molecule has 2 aromatic rings. The molecule has 1 saturated heterocycles. The summed E-state index contributed by atoms with van der Waals surface area (Å²) in [7, 11) is 0. The highest BCUT2D eigenvalue weighted by molar-refractivity contribution is 6.04. The first-order valence-corrected chi connectivity index (χ1v) is 9.74. The number of amides is 1. The average molecular weight is 400 g/mol. The molecule has 5 nitrogen and oxygen atoms in total. The largest absolute Gasteiger partial charge is 0.382 e. The van der Waals surface area contributed by atoms with Crippen LogP contribution in [0.3, 0.4) is 0 Å². The number of hydrogen-bond acceptors (Lipinski definition) is 4. The number of nitrogens with one attached hydrogen (secondary N) is 1. The fraction of sp³-hybridized carbons (Fsp3) is 0.364. The third kappa shape index (κ3) is 4.45. The van der Waals surface area contributed by atoms with Gasteiger partial charge in [-0.05, 0) is 36.6 Å². The van der Waals surface area contributed by atoms with Crippen molar-refractivity contribution < 1.29 is 23.1 Å². The zero-order chi connectivity index (χ0) is 20.2. The van der Waals surface area contributed by atoms with Crippen LogP contribution in [0.2, 0.25) is 0 Å². The lowest BCUT2D eigenvalue weighted by molar-refractivity contribution is -0.131. The Morgan fingerprint density at radius 2 is 2.00 bits per heavy atom. The van der Waals surface area contributed by atoms with Crippen molar-refractivity contribution in [2.24, 2.45) is 11.1 Å². The Bertz CT molecular complexity index is 904. The lowest BCUT2D eigenvalue weighted by Crippen LogP contribution is -2.40. The van der Waals surface area contributed by atoms with Gasteiger partial charge in [-0.3, -0.25) is 4.79 Å². The van der Waals surface area contributed by atoms with Gasteiger partial charge in [0.25, 0.3) is 5.91 Å². The van der Waals surface area contributed by atoms with E-state index >= 15 is 0 Å². The standard InChI is InChI=1S/C22H22F2N2O3/c23-16-8-9-18(24)17(11-16)19-12-20(29-26-19)22(27)25-13-15-7-4-10-28-21(15)14-5-2-1-3-6-14/h1-3,5-6,8-9,11,15,20-21H,4,7,10,12-13H2,(H,25,27)/t15-,20+,21+/m0/s1. The van der Waals surface area contributed by atoms with Crippen LogP contribution in [0.4, 0.5) is 8.78 Å². The van der Waals surface area contributed by atoms with E-state index in [1.807, 2.05) is 30.3 Å². The van der Waals surface area contributed by atoms with E-state index in [9.17, 15) is 13.6 Å². The molecule has 2 aliphatic rings. The molecule has 0 bridgehead atoms. The van der Waals surface area contributed by atoms with Crippen LogP contribution in [-0.4, -0.2) is 30.9 Å². The quantitative estimate of drug-likeness (QED) is 0.832. The third-order valence-corrected chi connectivity index (χ3v) is 5.31. The molecule has 7 heteroatoms. The molecule has 0 spiro atoms. The highest BCUT2D eigenvalue weighted by Crippen LogP contribution is 2.33. The van der Waals surface area contributed by atoms with Crippen molar-refractivity contribution in [2.45, 2.75) is 31.5 Å². The lowest BCUT2D eigenvalue weighted by Gasteiger charge is -2.32. The zero-order valence-corrected chi connectivity index (χ0v) is 15.8. The molecule has 0 unspecified atom stereocenters. The Morgan fingerprint density at radius 1 is 1.17 bits per heavy atom. The summed E-state index contributed by atoms with van der Waals surface area (Å²) in [6.45, 7) is 1.15. The maximum Gasteiger partial charge on any atom is 0.264 e. The number of carbonyl (C=O) groups is 1. The molecule has 2 aliphatic heterocycles. The van der Waals surface area contributed by atoms with Gasteiger partial charge in [-0.15, -0.1) is 0 Å². The first-order valence-electron chi connectivity index (χ1n) is 9.74. The van der Waals surface area contributed by atoms with Gasteiger partial charge in [-0.1, -0.05) is 35.5 Å². The fourth-order valence-electron chi connectivity index (χ4n) is 3.80. The van der Waals surface area contributed by atoms with Crippen molar-refractivity contribution in [3.63, 3.8) is 0 Å². The SMILES string of the molecule is O=C(NC[C@@H]1CCCO[C@@H]1c1ccccc1)[C@H]1CC(c2cc(F)ccc2F)=NO1. The summed E-state index contributed by atoms with van der Waals surface area (Å²) in [5, 5.41) is 6.70. The predicted octanol–water partition coefficient (Wildman–Crippen LogP) is 3.74. The number of nitrogens with zero attached hydrogens (tertiary/aromatic N) is 1. The van der Waals surface area contributed by atoms with Crippen molar-refractivity contribution in [3.8, 4) is 0 Å². The van der Waals surface area contributed by atoms with Gasteiger partial charge in [-0.2, -0.15) is 0 Å². The normalized spacial score (nSPS) is 23.9. The van der Waals surface area contributed by atoms with E-state index in [0.717, 1.165) is 36.6 Å². The zero-order valence-electron chi connectivity index (χ0n) is 15.8. The van der Waals surface area contributed by atoms with Crippen LogP contribution >= 0.6 is 0 Å². The molecule has 1 fully saturated rings. The second-order valence-electron chi connectivity index (χ2n) is 7.31. The van der Waals surface area contributed by atoms with Crippen molar-refractivity contribution in [1.82, 2.24) is 5.32 Å². The molecule has 152 valence electrons. The van der Waals surface area contributed by atoms with Crippen LogP contribution in [0.25, 0.3) is 0 Å². The molecule has 1 N–H and O–H groups in total. The Morgan fingerprint density at radius 3 is 2.83 bits per heavy atom. The van der Waals surface area contributed by atoms with Gasteiger partial charge in [0.05, 0.1) is 11.8 Å². The summed E-state index contributed by atoms with van der Waals surface area (Å²) < 4.78 is 33.3. The summed E-state index contributed by atoms with van der Waals surface area (Å²) >= 11 is 0. The first kappa shape index (κ1) is 19.5. The van der Waals surface area contributed by atoms with E-state index in [4.69, 9.17) is 9.57 Å². The minimum Gasteiger partial charge on any atom is -0.382 e. The van der Waals surface area contributed by atoms with E-state index in [-0.39, 0.29) is 35.6 Å². The predicted molar refractivity (Wildman–Crippen MR) is 103 cm³/mol. The van der Waals surface area contributed by atoms with Gasteiger partial charge >= 0.3 is 0 Å². The molecular formula is C22H22F2N2O3. The van der Waals surface area contributed by atoms with Gasteiger partial charge < -0.3 is 14.9 Å². The number of ether oxygens (including phenoxy) is 1. The fourth-order valence-corrected chi connectivity index (χ4v) is 3.80. The molecule has 0 saturated carbocycles. The van der Waals surface area contributed by atoms with Crippen molar-refractivity contribution in [1.29, 1.82) is 0 Å². The molecule has 29 heavy (non-hydrogen) atoms. The average Bonchev–Trinajstić information content (AvgIpc) is 3.25. The Balaban J connectivity index is 1.35. The topological polar surface area (TPSA) is 59.9 Å². The van der Waals surface area contributed by atoms with Crippen LogP contribution in [0.5, 0.6) is 0 Å². The minimum absolute atomic E-state index is 0.0186. The smallest absolute Gasteiger partial charge is 0.264 e. The van der Waals surface area contributed by atoms with Gasteiger partial charge in [0.1, 0.15) is 11.6 Å². The number of hydrogen-bond donors (Lipinski definition) is 1. The highest BCUT2D eigenvalue weighted by Gasteiger charge is 2.32. The van der Waals surface area contributed by atoms with Crippen LogP contribution in [0.1, 0.15) is 36.5 Å². The minimum atomic E-state index is -0.854. The summed E-state index contributed by atoms with van der Waals surface area (Å²) in [5.74, 6) is -1.34. The van der Waals surface area contributed by atoms with Gasteiger partial charge in [0.2, 0.25) is 6.10 Å². The second-order valence-corrected chi connectivity index (χ2v) is 7.31. The van der Waals surface area contributed by atoms with E-state index in [1.54, 1.807) is 0 Å². The number of carbonyl (C=O) groups excluding carboxylic acids is 1. The maximum absolute atomic E-state index is 13.9. The van der Waals surface area contributed by atoms with Crippen molar-refractivity contribution >= 4 is 11.6 Å². The second kappa shape index (κ2) is 8.69. The highest BCUT2D eigenvalue weighted by atomic mass is 19.1. The van der Waals surface area contributed by atoms with Crippen molar-refractivity contribution in [3.05, 3.63) is 71.3 Å². The molecule has 4 rings (SSSR count). The van der Waals surface area contributed by atoms with E-state index < -0.39 is 17.7 Å². The molecule has 0 aromatic heterocycles. The van der Waals surface area contributed by atoms with Gasteiger partial charge in [0.15, 0.2) is 0 Å². The lowest BCUT2D eigenvalue weighted by atomic mass is 9.89. The van der Waals surface area contributed by atoms with Crippen LogP contribution in [-0.2, 0) is 14.4 Å². The molecule has 0 radical (unpaired) electrons. The Labute approximate surface area is 167 Å². The Kier molecular flexibility index (Phi) is 5.85. The summed E-state index contributed by atoms with van der Waals surface area (Å²) in [5.41, 5.74) is 1.34. The monoisotopic (exact) mass is 400 g/mol. The number of benzene rings is 2. The molecular weight excluding hydrogens is 378 g/mol. The molecule has 3 atom stereocenters. The molecule has 2 heterocycles. The first-order chi connectivity index (χ1) is 14.1. The maximum atomic E-state index is 13.9. The van der Waals surface area contributed by atoms with Gasteiger partial charge in [-0.25, -0.2) is 8.78 Å².